The molecule has 0 unspecified atom stereocenters. The number of fused-ring (bicyclic) bond motifs is 1. The third-order valence-corrected chi connectivity index (χ3v) is 5.46. The number of Topliss-reactive ketones (excluding diaryl/α,β-unsaturated/α-hetero) is 1. The van der Waals surface area contributed by atoms with Gasteiger partial charge in [0.2, 0.25) is 0 Å². The molecule has 0 spiro atoms. The molecule has 2 aromatic heterocycles. The van der Waals surface area contributed by atoms with Gasteiger partial charge in [0, 0.05) is 52.1 Å². The maximum Gasteiger partial charge on any atom is 0.165 e. The molecule has 0 saturated heterocycles. The fraction of sp³-hybridized carbons (Fsp3) is 0.273. The highest BCUT2D eigenvalue weighted by atomic mass is 35.5. The van der Waals surface area contributed by atoms with Gasteiger partial charge in [0.05, 0.1) is 5.69 Å². The number of pyridine rings is 1. The Morgan fingerprint density at radius 1 is 1.07 bits per heavy atom. The molecule has 1 aliphatic rings. The lowest BCUT2D eigenvalue weighted by molar-refractivity contribution is 0.0911. The van der Waals surface area contributed by atoms with Crippen LogP contribution in [0.4, 0.5) is 0 Å². The van der Waals surface area contributed by atoms with E-state index in [-0.39, 0.29) is 11.2 Å². The number of ketones is 1. The van der Waals surface area contributed by atoms with Crippen LogP contribution in [-0.4, -0.2) is 15.8 Å². The highest BCUT2D eigenvalue weighted by molar-refractivity contribution is 6.34. The van der Waals surface area contributed by atoms with E-state index >= 15 is 0 Å². The van der Waals surface area contributed by atoms with Crippen molar-refractivity contribution in [2.45, 2.75) is 33.1 Å². The number of nitrogens with one attached hydrogen (secondary N) is 1. The Labute approximate surface area is 168 Å². The summed E-state index contributed by atoms with van der Waals surface area (Å²) in [5.41, 5.74) is 5.81. The minimum absolute atomic E-state index is 0.0406. The van der Waals surface area contributed by atoms with Crippen molar-refractivity contribution < 1.29 is 4.79 Å². The molecule has 1 aliphatic carbocycles. The Bertz CT molecular complexity index is 1000. The first-order valence-electron chi connectivity index (χ1n) is 8.95. The van der Waals surface area contributed by atoms with Crippen molar-refractivity contribution in [3.63, 3.8) is 0 Å². The fourth-order valence-electron chi connectivity index (χ4n) is 3.99. The second-order valence-corrected chi connectivity index (χ2v) is 8.84. The standard InChI is InChI=1S/C22H20Cl2N2O/c1-22(2)11-18-20(19(27)12-22)17(9-13-7-15(23)10-16(24)8-13)21(26-18)14-3-5-25-6-4-14/h3-8,10,26H,9,11-12H2,1-2H3. The highest BCUT2D eigenvalue weighted by Gasteiger charge is 2.35. The molecular formula is C22H20Cl2N2O. The van der Waals surface area contributed by atoms with Crippen LogP contribution in [0.5, 0.6) is 0 Å². The normalized spacial score (nSPS) is 15.6. The van der Waals surface area contributed by atoms with E-state index in [2.05, 4.69) is 23.8 Å². The molecule has 27 heavy (non-hydrogen) atoms. The number of carbonyl (C=O) groups is 1. The summed E-state index contributed by atoms with van der Waals surface area (Å²) >= 11 is 12.4. The number of hydrogen-bond acceptors (Lipinski definition) is 2. The number of nitrogens with zero attached hydrogens (tertiary/aromatic N) is 1. The second kappa shape index (κ2) is 6.81. The van der Waals surface area contributed by atoms with E-state index < -0.39 is 0 Å². The smallest absolute Gasteiger partial charge is 0.165 e. The molecule has 1 N–H and O–H groups in total. The zero-order valence-corrected chi connectivity index (χ0v) is 16.8. The summed E-state index contributed by atoms with van der Waals surface area (Å²) in [6.07, 6.45) is 5.53. The van der Waals surface area contributed by atoms with Crippen LogP contribution in [0, 0.1) is 5.41 Å². The summed E-state index contributed by atoms with van der Waals surface area (Å²) in [5, 5.41) is 1.19. The van der Waals surface area contributed by atoms with Crippen LogP contribution in [0.2, 0.25) is 10.0 Å². The molecule has 0 aliphatic heterocycles. The third-order valence-electron chi connectivity index (χ3n) is 5.03. The van der Waals surface area contributed by atoms with Gasteiger partial charge in [-0.05, 0) is 53.3 Å². The summed E-state index contributed by atoms with van der Waals surface area (Å²) in [7, 11) is 0. The summed E-state index contributed by atoms with van der Waals surface area (Å²) in [6.45, 7) is 4.27. The van der Waals surface area contributed by atoms with E-state index in [9.17, 15) is 4.79 Å². The van der Waals surface area contributed by atoms with Gasteiger partial charge in [-0.2, -0.15) is 0 Å². The highest BCUT2D eigenvalue weighted by Crippen LogP contribution is 2.40. The largest absolute Gasteiger partial charge is 0.358 e. The lowest BCUT2D eigenvalue weighted by Gasteiger charge is -2.28. The first-order valence-corrected chi connectivity index (χ1v) is 9.70. The number of aromatic amines is 1. The van der Waals surface area contributed by atoms with Gasteiger partial charge in [0.15, 0.2) is 5.78 Å². The van der Waals surface area contributed by atoms with E-state index in [1.54, 1.807) is 18.5 Å². The monoisotopic (exact) mass is 398 g/mol. The maximum absolute atomic E-state index is 13.0. The Balaban J connectivity index is 1.88. The number of benzene rings is 1. The number of hydrogen-bond donors (Lipinski definition) is 1. The zero-order chi connectivity index (χ0) is 19.2. The van der Waals surface area contributed by atoms with Crippen molar-refractivity contribution in [3.8, 4) is 11.3 Å². The Hall–Kier alpha value is -2.10. The lowest BCUT2D eigenvalue weighted by atomic mass is 9.75. The van der Waals surface area contributed by atoms with Gasteiger partial charge >= 0.3 is 0 Å². The predicted octanol–water partition coefficient (Wildman–Crippen LogP) is 6.13. The molecule has 0 amide bonds. The van der Waals surface area contributed by atoms with E-state index in [1.165, 1.54) is 0 Å². The molecule has 2 heterocycles. The van der Waals surface area contributed by atoms with Gasteiger partial charge in [0.25, 0.3) is 0 Å². The molecule has 0 atom stereocenters. The van der Waals surface area contributed by atoms with Gasteiger partial charge < -0.3 is 4.98 Å². The molecule has 0 bridgehead atoms. The van der Waals surface area contributed by atoms with E-state index in [4.69, 9.17) is 23.2 Å². The minimum Gasteiger partial charge on any atom is -0.358 e. The molecule has 0 saturated carbocycles. The molecule has 1 aromatic carbocycles. The van der Waals surface area contributed by atoms with Crippen LogP contribution in [0.15, 0.2) is 42.7 Å². The van der Waals surface area contributed by atoms with Gasteiger partial charge in [-0.15, -0.1) is 0 Å². The molecule has 3 aromatic rings. The SMILES string of the molecule is CC1(C)CC(=O)c2c([nH]c(-c3ccncc3)c2Cc2cc(Cl)cc(Cl)c2)C1. The predicted molar refractivity (Wildman–Crippen MR) is 110 cm³/mol. The lowest BCUT2D eigenvalue weighted by Crippen LogP contribution is -2.27. The molecule has 0 fully saturated rings. The van der Waals surface area contributed by atoms with Crippen LogP contribution in [0.3, 0.4) is 0 Å². The Morgan fingerprint density at radius 2 is 1.74 bits per heavy atom. The van der Waals surface area contributed by atoms with Gasteiger partial charge in [0.1, 0.15) is 0 Å². The number of H-pyrrole nitrogens is 1. The van der Waals surface area contributed by atoms with Crippen LogP contribution < -0.4 is 0 Å². The van der Waals surface area contributed by atoms with E-state index in [0.29, 0.717) is 22.9 Å². The average molecular weight is 399 g/mol. The van der Waals surface area contributed by atoms with Crippen molar-refractivity contribution in [1.82, 2.24) is 9.97 Å². The van der Waals surface area contributed by atoms with Crippen LogP contribution in [-0.2, 0) is 12.8 Å². The quantitative estimate of drug-likeness (QED) is 0.576. The van der Waals surface area contributed by atoms with Crippen LogP contribution in [0.1, 0.15) is 47.4 Å². The van der Waals surface area contributed by atoms with Gasteiger partial charge in [-0.3, -0.25) is 9.78 Å². The van der Waals surface area contributed by atoms with E-state index in [0.717, 1.165) is 40.1 Å². The Morgan fingerprint density at radius 3 is 2.41 bits per heavy atom. The summed E-state index contributed by atoms with van der Waals surface area (Å²) in [6, 6.07) is 9.44. The molecule has 5 heteroatoms. The molecular weight excluding hydrogens is 379 g/mol. The number of rotatable bonds is 3. The van der Waals surface area contributed by atoms with Crippen molar-refractivity contribution >= 4 is 29.0 Å². The maximum atomic E-state index is 13.0. The van der Waals surface area contributed by atoms with E-state index in [1.807, 2.05) is 24.3 Å². The van der Waals surface area contributed by atoms with Crippen molar-refractivity contribution in [3.05, 3.63) is 75.2 Å². The summed E-state index contributed by atoms with van der Waals surface area (Å²) in [4.78, 5) is 20.7. The summed E-state index contributed by atoms with van der Waals surface area (Å²) in [5.74, 6) is 0.195. The van der Waals surface area contributed by atoms with Gasteiger partial charge in [-0.25, -0.2) is 0 Å². The Kier molecular flexibility index (Phi) is 4.61. The molecule has 4 rings (SSSR count). The first-order chi connectivity index (χ1) is 12.8. The van der Waals surface area contributed by atoms with Crippen LogP contribution >= 0.6 is 23.2 Å². The van der Waals surface area contributed by atoms with Crippen molar-refractivity contribution in [2.24, 2.45) is 5.41 Å². The topological polar surface area (TPSA) is 45.8 Å². The minimum atomic E-state index is -0.0406. The first kappa shape index (κ1) is 18.3. The fourth-order valence-corrected chi connectivity index (χ4v) is 4.56. The number of aromatic nitrogens is 2. The molecule has 138 valence electrons. The summed E-state index contributed by atoms with van der Waals surface area (Å²) < 4.78 is 0. The van der Waals surface area contributed by atoms with Crippen LogP contribution in [0.25, 0.3) is 11.3 Å². The van der Waals surface area contributed by atoms with Crippen molar-refractivity contribution in [2.75, 3.05) is 0 Å². The average Bonchev–Trinajstić information content (AvgIpc) is 2.91. The third kappa shape index (κ3) is 3.67. The van der Waals surface area contributed by atoms with Gasteiger partial charge in [-0.1, -0.05) is 37.0 Å². The molecule has 0 radical (unpaired) electrons. The zero-order valence-electron chi connectivity index (χ0n) is 15.3. The van der Waals surface area contributed by atoms with Crippen molar-refractivity contribution in [1.29, 1.82) is 0 Å². The number of carbonyl (C=O) groups excluding carboxylic acids is 1. The number of halogens is 2. The second-order valence-electron chi connectivity index (χ2n) is 7.96. The molecule has 3 nitrogen and oxygen atoms in total.